The summed E-state index contributed by atoms with van der Waals surface area (Å²) in [6.07, 6.45) is 1.70. The van der Waals surface area contributed by atoms with E-state index in [-0.39, 0.29) is 17.5 Å². The maximum absolute atomic E-state index is 11.9. The predicted octanol–water partition coefficient (Wildman–Crippen LogP) is 2.42. The van der Waals surface area contributed by atoms with Crippen LogP contribution in [0.5, 0.6) is 0 Å². The number of carbonyl (C=O) groups is 1. The zero-order valence-electron chi connectivity index (χ0n) is 13.5. The van der Waals surface area contributed by atoms with Crippen LogP contribution in [0.15, 0.2) is 36.9 Å². The smallest absolute Gasteiger partial charge is 0.269 e. The van der Waals surface area contributed by atoms with Crippen molar-refractivity contribution in [2.45, 2.75) is 19.4 Å². The van der Waals surface area contributed by atoms with Crippen LogP contribution < -0.4 is 0 Å². The number of nitro benzene ring substituents is 1. The third-order valence-corrected chi connectivity index (χ3v) is 4.41. The van der Waals surface area contributed by atoms with E-state index in [4.69, 9.17) is 0 Å². The van der Waals surface area contributed by atoms with Gasteiger partial charge in [-0.2, -0.15) is 0 Å². The summed E-state index contributed by atoms with van der Waals surface area (Å²) >= 11 is 0. The molecule has 0 spiro atoms. The molecule has 0 bridgehead atoms. The van der Waals surface area contributed by atoms with Gasteiger partial charge in [-0.05, 0) is 18.2 Å². The molecule has 6 heteroatoms. The standard InChI is InChI=1S/C17H23N3O3/c1-3-16(21)13-17(19-11-9-18(4-2)10-12-19)14-5-7-15(8-6-14)20(22)23/h3,5-8,17H,1,4,9-13H2,2H3. The SMILES string of the molecule is C=CC(=O)CC(c1ccc([N+](=O)[O-])cc1)N1CCN(CC)CC1. The van der Waals surface area contributed by atoms with Crippen LogP contribution in [0, 0.1) is 10.1 Å². The van der Waals surface area contributed by atoms with Gasteiger partial charge in [0.05, 0.1) is 4.92 Å². The van der Waals surface area contributed by atoms with E-state index in [9.17, 15) is 14.9 Å². The number of nitrogens with zero attached hydrogens (tertiary/aromatic N) is 3. The fraction of sp³-hybridized carbons (Fsp3) is 0.471. The highest BCUT2D eigenvalue weighted by molar-refractivity contribution is 5.89. The van der Waals surface area contributed by atoms with Crippen LogP contribution in [0.2, 0.25) is 0 Å². The number of piperazine rings is 1. The van der Waals surface area contributed by atoms with E-state index >= 15 is 0 Å². The van der Waals surface area contributed by atoms with Gasteiger partial charge in [0.25, 0.3) is 5.69 Å². The molecule has 0 aliphatic carbocycles. The molecule has 1 aliphatic rings. The van der Waals surface area contributed by atoms with E-state index in [2.05, 4.69) is 23.3 Å². The Morgan fingerprint density at radius 1 is 1.30 bits per heavy atom. The monoisotopic (exact) mass is 317 g/mol. The minimum atomic E-state index is -0.409. The summed E-state index contributed by atoms with van der Waals surface area (Å²) in [5, 5.41) is 10.8. The molecule has 6 nitrogen and oxygen atoms in total. The fourth-order valence-corrected chi connectivity index (χ4v) is 2.94. The molecule has 2 rings (SSSR count). The third-order valence-electron chi connectivity index (χ3n) is 4.41. The molecule has 1 saturated heterocycles. The van der Waals surface area contributed by atoms with Crippen molar-refractivity contribution in [3.8, 4) is 0 Å². The van der Waals surface area contributed by atoms with Crippen LogP contribution in [-0.2, 0) is 4.79 Å². The number of rotatable bonds is 7. The van der Waals surface area contributed by atoms with Gasteiger partial charge in [-0.25, -0.2) is 0 Å². The summed E-state index contributed by atoms with van der Waals surface area (Å²) in [5.41, 5.74) is 1.01. The Morgan fingerprint density at radius 3 is 2.39 bits per heavy atom. The van der Waals surface area contributed by atoms with Gasteiger partial charge in [0.2, 0.25) is 0 Å². The van der Waals surface area contributed by atoms with Crippen LogP contribution >= 0.6 is 0 Å². The molecule has 0 radical (unpaired) electrons. The third kappa shape index (κ3) is 4.46. The summed E-state index contributed by atoms with van der Waals surface area (Å²) in [7, 11) is 0. The molecule has 1 heterocycles. The number of hydrogen-bond acceptors (Lipinski definition) is 5. The topological polar surface area (TPSA) is 66.7 Å². The lowest BCUT2D eigenvalue weighted by Gasteiger charge is -2.39. The van der Waals surface area contributed by atoms with E-state index in [1.165, 1.54) is 18.2 Å². The first kappa shape index (κ1) is 17.3. The molecule has 1 fully saturated rings. The Kier molecular flexibility index (Phi) is 6.01. The number of benzene rings is 1. The maximum Gasteiger partial charge on any atom is 0.269 e. The number of nitro groups is 1. The van der Waals surface area contributed by atoms with Crippen molar-refractivity contribution in [2.75, 3.05) is 32.7 Å². The Morgan fingerprint density at radius 2 is 1.91 bits per heavy atom. The summed E-state index contributed by atoms with van der Waals surface area (Å²) in [4.78, 5) is 26.9. The highest BCUT2D eigenvalue weighted by Crippen LogP contribution is 2.27. The van der Waals surface area contributed by atoms with Crippen LogP contribution in [0.25, 0.3) is 0 Å². The van der Waals surface area contributed by atoms with E-state index in [1.807, 2.05) is 0 Å². The molecular formula is C17H23N3O3. The largest absolute Gasteiger partial charge is 0.301 e. The van der Waals surface area contributed by atoms with Crippen molar-refractivity contribution in [1.82, 2.24) is 9.80 Å². The minimum absolute atomic E-state index is 0.00808. The molecule has 23 heavy (non-hydrogen) atoms. The van der Waals surface area contributed by atoms with Crippen LogP contribution in [0.3, 0.4) is 0 Å². The number of ketones is 1. The first-order valence-corrected chi connectivity index (χ1v) is 7.91. The molecule has 124 valence electrons. The Labute approximate surface area is 136 Å². The van der Waals surface area contributed by atoms with Gasteiger partial charge in [0.1, 0.15) is 0 Å². The van der Waals surface area contributed by atoms with Gasteiger partial charge in [-0.3, -0.25) is 19.8 Å². The molecule has 1 aliphatic heterocycles. The molecule has 0 amide bonds. The average Bonchev–Trinajstić information content (AvgIpc) is 2.59. The fourth-order valence-electron chi connectivity index (χ4n) is 2.94. The van der Waals surface area contributed by atoms with E-state index < -0.39 is 4.92 Å². The van der Waals surface area contributed by atoms with Crippen molar-refractivity contribution in [2.24, 2.45) is 0 Å². The first-order valence-electron chi connectivity index (χ1n) is 7.91. The number of allylic oxidation sites excluding steroid dienone is 1. The molecular weight excluding hydrogens is 294 g/mol. The van der Waals surface area contributed by atoms with Gasteiger partial charge in [-0.15, -0.1) is 0 Å². The zero-order chi connectivity index (χ0) is 16.8. The van der Waals surface area contributed by atoms with Crippen LogP contribution in [0.1, 0.15) is 24.9 Å². The van der Waals surface area contributed by atoms with Gasteiger partial charge in [-0.1, -0.05) is 25.6 Å². The predicted molar refractivity (Wildman–Crippen MR) is 89.3 cm³/mol. The van der Waals surface area contributed by atoms with Crippen molar-refractivity contribution in [1.29, 1.82) is 0 Å². The second-order valence-electron chi connectivity index (χ2n) is 5.71. The van der Waals surface area contributed by atoms with Gasteiger partial charge < -0.3 is 4.90 Å². The number of likely N-dealkylation sites (N-methyl/N-ethyl adjacent to an activating group) is 1. The normalized spacial score (nSPS) is 17.6. The second-order valence-corrected chi connectivity index (χ2v) is 5.71. The summed E-state index contributed by atoms with van der Waals surface area (Å²) in [6.45, 7) is 10.4. The highest BCUT2D eigenvalue weighted by Gasteiger charge is 2.26. The van der Waals surface area contributed by atoms with Crippen molar-refractivity contribution in [3.05, 3.63) is 52.6 Å². The van der Waals surface area contributed by atoms with Crippen LogP contribution in [-0.4, -0.2) is 53.2 Å². The summed E-state index contributed by atoms with van der Waals surface area (Å²) in [5.74, 6) is -0.00808. The summed E-state index contributed by atoms with van der Waals surface area (Å²) in [6, 6.07) is 6.46. The number of carbonyl (C=O) groups excluding carboxylic acids is 1. The lowest BCUT2D eigenvalue weighted by molar-refractivity contribution is -0.384. The van der Waals surface area contributed by atoms with E-state index in [1.54, 1.807) is 12.1 Å². The number of hydrogen-bond donors (Lipinski definition) is 0. The minimum Gasteiger partial charge on any atom is -0.301 e. The van der Waals surface area contributed by atoms with Crippen molar-refractivity contribution >= 4 is 11.5 Å². The lowest BCUT2D eigenvalue weighted by atomic mass is 9.98. The maximum atomic E-state index is 11.9. The second kappa shape index (κ2) is 7.99. The van der Waals surface area contributed by atoms with Gasteiger partial charge in [0.15, 0.2) is 5.78 Å². The molecule has 0 saturated carbocycles. The van der Waals surface area contributed by atoms with Crippen molar-refractivity contribution < 1.29 is 9.72 Å². The summed E-state index contributed by atoms with van der Waals surface area (Å²) < 4.78 is 0. The van der Waals surface area contributed by atoms with Gasteiger partial charge in [0, 0.05) is 50.8 Å². The number of non-ortho nitro benzene ring substituents is 1. The lowest BCUT2D eigenvalue weighted by Crippen LogP contribution is -2.47. The quantitative estimate of drug-likeness (QED) is 0.439. The molecule has 1 aromatic carbocycles. The Balaban J connectivity index is 2.18. The molecule has 1 unspecified atom stereocenters. The molecule has 0 aromatic heterocycles. The highest BCUT2D eigenvalue weighted by atomic mass is 16.6. The Bertz CT molecular complexity index is 563. The van der Waals surface area contributed by atoms with Crippen molar-refractivity contribution in [3.63, 3.8) is 0 Å². The van der Waals surface area contributed by atoms with E-state index in [0.717, 1.165) is 38.3 Å². The first-order chi connectivity index (χ1) is 11.0. The van der Waals surface area contributed by atoms with E-state index in [0.29, 0.717) is 6.42 Å². The molecule has 1 atom stereocenters. The van der Waals surface area contributed by atoms with Gasteiger partial charge >= 0.3 is 0 Å². The zero-order valence-corrected chi connectivity index (χ0v) is 13.5. The van der Waals surface area contributed by atoms with Crippen LogP contribution in [0.4, 0.5) is 5.69 Å². The molecule has 1 aromatic rings. The Hall–Kier alpha value is -2.05. The average molecular weight is 317 g/mol. The molecule has 0 N–H and O–H groups in total.